The molecule has 1 saturated heterocycles. The van der Waals surface area contributed by atoms with Crippen molar-refractivity contribution in [3.05, 3.63) is 89.6 Å². The first-order chi connectivity index (χ1) is 18.8. The number of nitrogens with zero attached hydrogens (tertiary/aromatic N) is 3. The molecule has 39 heavy (non-hydrogen) atoms. The Hall–Kier alpha value is -4.53. The minimum Gasteiger partial charge on any atom is -0.325 e. The molecule has 1 aliphatic carbocycles. The number of nitrogens with one attached hydrogen (secondary N) is 2. The van der Waals surface area contributed by atoms with Gasteiger partial charge in [-0.1, -0.05) is 42.5 Å². The molecular weight excluding hydrogens is 494 g/mol. The molecule has 0 spiro atoms. The van der Waals surface area contributed by atoms with Crippen molar-refractivity contribution < 1.29 is 19.2 Å². The summed E-state index contributed by atoms with van der Waals surface area (Å²) in [6.45, 7) is 3.37. The number of carbonyl (C=O) groups is 4. The van der Waals surface area contributed by atoms with E-state index >= 15 is 0 Å². The highest BCUT2D eigenvalue weighted by Crippen LogP contribution is 2.32. The number of amides is 5. The molecule has 2 heterocycles. The quantitative estimate of drug-likeness (QED) is 0.481. The van der Waals surface area contributed by atoms with Gasteiger partial charge in [0.15, 0.2) is 0 Å². The van der Waals surface area contributed by atoms with Crippen LogP contribution < -0.4 is 10.6 Å². The van der Waals surface area contributed by atoms with E-state index in [2.05, 4.69) is 15.6 Å². The zero-order valence-corrected chi connectivity index (χ0v) is 22.0. The van der Waals surface area contributed by atoms with Crippen molar-refractivity contribution in [3.63, 3.8) is 0 Å². The van der Waals surface area contributed by atoms with Gasteiger partial charge in [-0.25, -0.2) is 9.78 Å². The fraction of sp³-hybridized carbons (Fsp3) is 0.300. The molecule has 2 aromatic carbocycles. The highest BCUT2D eigenvalue weighted by Gasteiger charge is 2.41. The van der Waals surface area contributed by atoms with E-state index in [1.165, 1.54) is 9.80 Å². The third kappa shape index (κ3) is 5.67. The summed E-state index contributed by atoms with van der Waals surface area (Å²) in [5.74, 6) is -0.392. The molecule has 0 saturated carbocycles. The van der Waals surface area contributed by atoms with Crippen LogP contribution in [0, 0.1) is 5.92 Å². The van der Waals surface area contributed by atoms with E-state index in [-0.39, 0.29) is 42.6 Å². The Labute approximate surface area is 227 Å². The predicted molar refractivity (Wildman–Crippen MR) is 147 cm³/mol. The van der Waals surface area contributed by atoms with Crippen LogP contribution in [0.3, 0.4) is 0 Å². The zero-order valence-electron chi connectivity index (χ0n) is 22.0. The van der Waals surface area contributed by atoms with Gasteiger partial charge in [0.2, 0.25) is 17.7 Å². The molecule has 9 heteroatoms. The van der Waals surface area contributed by atoms with Crippen molar-refractivity contribution in [3.8, 4) is 0 Å². The number of rotatable bonds is 7. The van der Waals surface area contributed by atoms with Crippen LogP contribution in [-0.4, -0.2) is 51.1 Å². The molecule has 3 aromatic rings. The Morgan fingerprint density at radius 3 is 2.38 bits per heavy atom. The average Bonchev–Trinajstić information content (AvgIpc) is 3.35. The van der Waals surface area contributed by atoms with Crippen molar-refractivity contribution in [1.29, 1.82) is 0 Å². The summed E-state index contributed by atoms with van der Waals surface area (Å²) in [6.07, 6.45) is 2.92. The van der Waals surface area contributed by atoms with Crippen LogP contribution >= 0.6 is 0 Å². The molecule has 1 fully saturated rings. The highest BCUT2D eigenvalue weighted by atomic mass is 16.2. The molecule has 5 amide bonds. The maximum atomic E-state index is 13.3. The van der Waals surface area contributed by atoms with Crippen LogP contribution in [0.5, 0.6) is 0 Å². The minimum atomic E-state index is -0.523. The number of imide groups is 1. The van der Waals surface area contributed by atoms with Gasteiger partial charge >= 0.3 is 6.03 Å². The Morgan fingerprint density at radius 2 is 1.67 bits per heavy atom. The van der Waals surface area contributed by atoms with Gasteiger partial charge in [0, 0.05) is 23.8 Å². The van der Waals surface area contributed by atoms with Crippen molar-refractivity contribution >= 4 is 35.3 Å². The Kier molecular flexibility index (Phi) is 7.40. The standard InChI is InChI=1S/C30H31N5O4/c1-19(2)35-28(37)17-25(20-8-4-3-5-9-20)34(30(35)39)18-27(36)32-24-12-11-21-14-23(15-22(21)16-24)29(38)33-26-10-6-7-13-31-26/h3-13,16,19,23,25H,14-15,17-18H2,1-2H3,(H,32,36)(H,31,33,38). The topological polar surface area (TPSA) is 112 Å². The molecule has 2 atom stereocenters. The van der Waals surface area contributed by atoms with Crippen LogP contribution in [0.1, 0.15) is 43.0 Å². The lowest BCUT2D eigenvalue weighted by atomic mass is 9.98. The van der Waals surface area contributed by atoms with Gasteiger partial charge in [0.25, 0.3) is 0 Å². The van der Waals surface area contributed by atoms with Gasteiger partial charge in [-0.2, -0.15) is 0 Å². The number of pyridine rings is 1. The summed E-state index contributed by atoms with van der Waals surface area (Å²) < 4.78 is 0. The monoisotopic (exact) mass is 525 g/mol. The number of anilines is 2. The van der Waals surface area contributed by atoms with Crippen LogP contribution in [0.25, 0.3) is 0 Å². The SMILES string of the molecule is CC(C)N1C(=O)CC(c2ccccc2)N(CC(=O)Nc2ccc3c(c2)CC(C(=O)Nc2ccccn2)C3)C1=O. The maximum Gasteiger partial charge on any atom is 0.327 e. The van der Waals surface area contributed by atoms with E-state index in [4.69, 9.17) is 0 Å². The van der Waals surface area contributed by atoms with Crippen LogP contribution in [-0.2, 0) is 27.2 Å². The van der Waals surface area contributed by atoms with E-state index in [1.807, 2.05) is 54.6 Å². The molecule has 1 aliphatic heterocycles. The number of hydrogen-bond acceptors (Lipinski definition) is 5. The second-order valence-electron chi connectivity index (χ2n) is 10.2. The van der Waals surface area contributed by atoms with E-state index in [0.717, 1.165) is 16.7 Å². The fourth-order valence-corrected chi connectivity index (χ4v) is 5.31. The molecule has 5 rings (SSSR count). The van der Waals surface area contributed by atoms with Gasteiger partial charge in [-0.05, 0) is 67.6 Å². The lowest BCUT2D eigenvalue weighted by Crippen LogP contribution is -2.57. The maximum absolute atomic E-state index is 13.3. The number of aromatic nitrogens is 1. The Balaban J connectivity index is 1.27. The van der Waals surface area contributed by atoms with Gasteiger partial charge in [-0.15, -0.1) is 0 Å². The number of benzene rings is 2. The summed E-state index contributed by atoms with van der Waals surface area (Å²) in [6, 6.07) is 19.0. The van der Waals surface area contributed by atoms with Crippen molar-refractivity contribution in [1.82, 2.24) is 14.8 Å². The first-order valence-corrected chi connectivity index (χ1v) is 13.1. The first-order valence-electron chi connectivity index (χ1n) is 13.1. The Morgan fingerprint density at radius 1 is 0.923 bits per heavy atom. The van der Waals surface area contributed by atoms with Crippen molar-refractivity contribution in [2.24, 2.45) is 5.92 Å². The molecule has 200 valence electrons. The van der Waals surface area contributed by atoms with Crippen molar-refractivity contribution in [2.75, 3.05) is 17.2 Å². The molecular formula is C30H31N5O4. The largest absolute Gasteiger partial charge is 0.327 e. The van der Waals surface area contributed by atoms with Crippen LogP contribution in [0.4, 0.5) is 16.3 Å². The molecule has 2 unspecified atom stereocenters. The van der Waals surface area contributed by atoms with E-state index in [0.29, 0.717) is 24.3 Å². The van der Waals surface area contributed by atoms with Gasteiger partial charge in [0.1, 0.15) is 12.4 Å². The fourth-order valence-electron chi connectivity index (χ4n) is 5.31. The van der Waals surface area contributed by atoms with Crippen LogP contribution in [0.15, 0.2) is 72.9 Å². The highest BCUT2D eigenvalue weighted by molar-refractivity contribution is 6.01. The molecule has 2 N–H and O–H groups in total. The number of urea groups is 1. The summed E-state index contributed by atoms with van der Waals surface area (Å²) in [5, 5.41) is 5.77. The summed E-state index contributed by atoms with van der Waals surface area (Å²) >= 11 is 0. The lowest BCUT2D eigenvalue weighted by molar-refractivity contribution is -0.135. The number of hydrogen-bond donors (Lipinski definition) is 2. The zero-order chi connectivity index (χ0) is 27.5. The van der Waals surface area contributed by atoms with E-state index in [1.54, 1.807) is 32.2 Å². The second-order valence-corrected chi connectivity index (χ2v) is 10.2. The molecule has 0 radical (unpaired) electrons. The summed E-state index contributed by atoms with van der Waals surface area (Å²) in [4.78, 5) is 58.9. The summed E-state index contributed by atoms with van der Waals surface area (Å²) in [5.41, 5.74) is 3.47. The first kappa shape index (κ1) is 26.1. The number of carbonyl (C=O) groups excluding carboxylic acids is 4. The normalized spacial score (nSPS) is 18.7. The third-order valence-corrected chi connectivity index (χ3v) is 7.19. The molecule has 2 aliphatic rings. The Bertz CT molecular complexity index is 1390. The predicted octanol–water partition coefficient (Wildman–Crippen LogP) is 4.18. The van der Waals surface area contributed by atoms with E-state index < -0.39 is 12.1 Å². The average molecular weight is 526 g/mol. The molecule has 9 nitrogen and oxygen atoms in total. The lowest BCUT2D eigenvalue weighted by Gasteiger charge is -2.41. The minimum absolute atomic E-state index is 0.0877. The molecule has 1 aromatic heterocycles. The van der Waals surface area contributed by atoms with Crippen molar-refractivity contribution in [2.45, 2.75) is 45.2 Å². The van der Waals surface area contributed by atoms with E-state index in [9.17, 15) is 19.2 Å². The van der Waals surface area contributed by atoms with Gasteiger partial charge in [-0.3, -0.25) is 19.3 Å². The second kappa shape index (κ2) is 11.1. The van der Waals surface area contributed by atoms with Gasteiger partial charge in [0.05, 0.1) is 12.5 Å². The third-order valence-electron chi connectivity index (χ3n) is 7.19. The number of fused-ring (bicyclic) bond motifs is 1. The smallest absolute Gasteiger partial charge is 0.325 e. The van der Waals surface area contributed by atoms with Crippen LogP contribution in [0.2, 0.25) is 0 Å². The summed E-state index contributed by atoms with van der Waals surface area (Å²) in [7, 11) is 0. The molecule has 0 bridgehead atoms. The van der Waals surface area contributed by atoms with Gasteiger partial charge < -0.3 is 15.5 Å².